The molecule has 11 heavy (non-hydrogen) atoms. The molecular formula is C7H9N3O. The molecule has 1 N–H and O–H groups in total. The van der Waals surface area contributed by atoms with E-state index < -0.39 is 0 Å². The largest absolute Gasteiger partial charge is 0.353 e. The molecule has 4 heteroatoms. The zero-order chi connectivity index (χ0) is 8.10. The molecule has 0 saturated carbocycles. The number of aryl methyl sites for hydroxylation is 1. The van der Waals surface area contributed by atoms with Gasteiger partial charge < -0.3 is 5.32 Å². The van der Waals surface area contributed by atoms with Crippen LogP contribution in [0.15, 0.2) is 12.3 Å². The van der Waals surface area contributed by atoms with Gasteiger partial charge in [-0.25, -0.2) is 9.97 Å². The monoisotopic (exact) mass is 151 g/mol. The summed E-state index contributed by atoms with van der Waals surface area (Å²) in [7, 11) is 0. The lowest BCUT2D eigenvalue weighted by molar-refractivity contribution is -0.109. The van der Waals surface area contributed by atoms with Crippen molar-refractivity contribution in [2.75, 3.05) is 0 Å². The molecule has 0 radical (unpaired) electrons. The van der Waals surface area contributed by atoms with Crippen molar-refractivity contribution >= 4 is 6.41 Å². The second kappa shape index (κ2) is 3.65. The number of carbonyl (C=O) groups excluding carboxylic acids is 1. The van der Waals surface area contributed by atoms with E-state index in [1.54, 1.807) is 12.3 Å². The third kappa shape index (κ3) is 2.33. The van der Waals surface area contributed by atoms with Gasteiger partial charge in [-0.2, -0.15) is 0 Å². The SMILES string of the molecule is Cc1nccc(CNC=O)n1. The van der Waals surface area contributed by atoms with Crippen LogP contribution in [-0.4, -0.2) is 16.4 Å². The molecule has 0 aliphatic carbocycles. The summed E-state index contributed by atoms with van der Waals surface area (Å²) in [4.78, 5) is 17.9. The maximum absolute atomic E-state index is 9.91. The maximum atomic E-state index is 9.91. The Kier molecular flexibility index (Phi) is 2.54. The van der Waals surface area contributed by atoms with Crippen LogP contribution in [0.4, 0.5) is 0 Å². The summed E-state index contributed by atoms with van der Waals surface area (Å²) in [6.45, 7) is 2.28. The van der Waals surface area contributed by atoms with E-state index in [0.717, 1.165) is 11.5 Å². The molecule has 0 aliphatic heterocycles. The topological polar surface area (TPSA) is 54.9 Å². The van der Waals surface area contributed by atoms with Crippen molar-refractivity contribution < 1.29 is 4.79 Å². The number of amides is 1. The Balaban J connectivity index is 2.63. The standard InChI is InChI=1S/C7H9N3O/c1-6-9-3-2-7(10-6)4-8-5-11/h2-3,5H,4H2,1H3,(H,8,11). The molecule has 1 heterocycles. The normalized spacial score (nSPS) is 9.18. The van der Waals surface area contributed by atoms with Crippen LogP contribution in [-0.2, 0) is 11.3 Å². The molecule has 0 unspecified atom stereocenters. The number of nitrogens with one attached hydrogen (secondary N) is 1. The molecule has 1 aromatic heterocycles. The van der Waals surface area contributed by atoms with E-state index in [4.69, 9.17) is 0 Å². The van der Waals surface area contributed by atoms with E-state index in [0.29, 0.717) is 13.0 Å². The first-order chi connectivity index (χ1) is 5.33. The number of nitrogens with zero attached hydrogens (tertiary/aromatic N) is 2. The number of hydrogen-bond acceptors (Lipinski definition) is 3. The highest BCUT2D eigenvalue weighted by atomic mass is 16.1. The zero-order valence-electron chi connectivity index (χ0n) is 6.24. The van der Waals surface area contributed by atoms with Crippen LogP contribution >= 0.6 is 0 Å². The zero-order valence-corrected chi connectivity index (χ0v) is 6.24. The summed E-state index contributed by atoms with van der Waals surface area (Å²) >= 11 is 0. The third-order valence-corrected chi connectivity index (χ3v) is 1.20. The minimum atomic E-state index is 0.465. The van der Waals surface area contributed by atoms with Gasteiger partial charge in [0.05, 0.1) is 12.2 Å². The van der Waals surface area contributed by atoms with Gasteiger partial charge in [-0.05, 0) is 13.0 Å². The third-order valence-electron chi connectivity index (χ3n) is 1.20. The van der Waals surface area contributed by atoms with E-state index >= 15 is 0 Å². The molecule has 1 aromatic rings. The molecule has 0 atom stereocenters. The smallest absolute Gasteiger partial charge is 0.207 e. The fourth-order valence-electron chi connectivity index (χ4n) is 0.750. The first-order valence-electron chi connectivity index (χ1n) is 3.28. The summed E-state index contributed by atoms with van der Waals surface area (Å²) in [6, 6.07) is 1.77. The molecule has 0 bridgehead atoms. The summed E-state index contributed by atoms with van der Waals surface area (Å²) in [5.74, 6) is 0.718. The van der Waals surface area contributed by atoms with Crippen molar-refractivity contribution in [1.29, 1.82) is 0 Å². The van der Waals surface area contributed by atoms with E-state index in [1.165, 1.54) is 0 Å². The van der Waals surface area contributed by atoms with Gasteiger partial charge in [0.25, 0.3) is 0 Å². The molecular weight excluding hydrogens is 142 g/mol. The first-order valence-corrected chi connectivity index (χ1v) is 3.28. The van der Waals surface area contributed by atoms with Crippen LogP contribution in [0, 0.1) is 6.92 Å². The Morgan fingerprint density at radius 3 is 3.18 bits per heavy atom. The van der Waals surface area contributed by atoms with Crippen molar-refractivity contribution in [2.45, 2.75) is 13.5 Å². The lowest BCUT2D eigenvalue weighted by atomic mass is 10.4. The van der Waals surface area contributed by atoms with Crippen LogP contribution in [0.3, 0.4) is 0 Å². The quantitative estimate of drug-likeness (QED) is 0.620. The molecule has 4 nitrogen and oxygen atoms in total. The van der Waals surface area contributed by atoms with Crippen LogP contribution < -0.4 is 5.32 Å². The minimum absolute atomic E-state index is 0.465. The Bertz CT molecular complexity index is 249. The summed E-state index contributed by atoms with van der Waals surface area (Å²) < 4.78 is 0. The number of hydrogen-bond donors (Lipinski definition) is 1. The van der Waals surface area contributed by atoms with Crippen molar-refractivity contribution in [1.82, 2.24) is 15.3 Å². The van der Waals surface area contributed by atoms with Crippen LogP contribution in [0.2, 0.25) is 0 Å². The second-order valence-electron chi connectivity index (χ2n) is 2.09. The molecule has 0 fully saturated rings. The molecule has 1 amide bonds. The van der Waals surface area contributed by atoms with Crippen molar-refractivity contribution in [3.8, 4) is 0 Å². The van der Waals surface area contributed by atoms with Crippen LogP contribution in [0.5, 0.6) is 0 Å². The van der Waals surface area contributed by atoms with Gasteiger partial charge in [0.15, 0.2) is 0 Å². The van der Waals surface area contributed by atoms with Crippen molar-refractivity contribution in [3.05, 3.63) is 23.8 Å². The molecule has 0 spiro atoms. The number of aromatic nitrogens is 2. The predicted octanol–water partition coefficient (Wildman–Crippen LogP) is 0.0310. The second-order valence-corrected chi connectivity index (χ2v) is 2.09. The highest BCUT2D eigenvalue weighted by Crippen LogP contribution is 1.92. The van der Waals surface area contributed by atoms with Gasteiger partial charge in [0, 0.05) is 6.20 Å². The average molecular weight is 151 g/mol. The van der Waals surface area contributed by atoms with E-state index in [-0.39, 0.29) is 0 Å². The van der Waals surface area contributed by atoms with Crippen LogP contribution in [0.1, 0.15) is 11.5 Å². The van der Waals surface area contributed by atoms with Gasteiger partial charge in [0.1, 0.15) is 5.82 Å². The Morgan fingerprint density at radius 2 is 2.55 bits per heavy atom. The lowest BCUT2D eigenvalue weighted by Gasteiger charge is -1.97. The number of carbonyl (C=O) groups is 1. The highest BCUT2D eigenvalue weighted by Gasteiger charge is 1.92. The van der Waals surface area contributed by atoms with E-state index in [9.17, 15) is 4.79 Å². The Labute approximate surface area is 64.7 Å². The maximum Gasteiger partial charge on any atom is 0.207 e. The van der Waals surface area contributed by atoms with Gasteiger partial charge in [-0.3, -0.25) is 4.79 Å². The van der Waals surface area contributed by atoms with Gasteiger partial charge in [-0.15, -0.1) is 0 Å². The first kappa shape index (κ1) is 7.65. The fourth-order valence-corrected chi connectivity index (χ4v) is 0.750. The Morgan fingerprint density at radius 1 is 1.73 bits per heavy atom. The Hall–Kier alpha value is -1.45. The van der Waals surface area contributed by atoms with Gasteiger partial charge in [-0.1, -0.05) is 0 Å². The fraction of sp³-hybridized carbons (Fsp3) is 0.286. The predicted molar refractivity (Wildman–Crippen MR) is 39.7 cm³/mol. The molecule has 0 saturated heterocycles. The highest BCUT2D eigenvalue weighted by molar-refractivity contribution is 5.45. The van der Waals surface area contributed by atoms with E-state index in [2.05, 4.69) is 15.3 Å². The summed E-state index contributed by atoms with van der Waals surface area (Å²) in [5, 5.41) is 2.52. The van der Waals surface area contributed by atoms with Crippen molar-refractivity contribution in [2.24, 2.45) is 0 Å². The van der Waals surface area contributed by atoms with E-state index in [1.807, 2.05) is 6.92 Å². The average Bonchev–Trinajstić information content (AvgIpc) is 2.01. The molecule has 0 aliphatic rings. The summed E-state index contributed by atoms with van der Waals surface area (Å²) in [5.41, 5.74) is 0.824. The molecule has 1 rings (SSSR count). The van der Waals surface area contributed by atoms with Gasteiger partial charge >= 0.3 is 0 Å². The van der Waals surface area contributed by atoms with Gasteiger partial charge in [0.2, 0.25) is 6.41 Å². The lowest BCUT2D eigenvalue weighted by Crippen LogP contribution is -2.11. The number of rotatable bonds is 3. The van der Waals surface area contributed by atoms with Crippen molar-refractivity contribution in [3.63, 3.8) is 0 Å². The summed E-state index contributed by atoms with van der Waals surface area (Å²) in [6.07, 6.45) is 2.32. The molecule has 0 aromatic carbocycles. The molecule has 58 valence electrons. The van der Waals surface area contributed by atoms with Crippen LogP contribution in [0.25, 0.3) is 0 Å². The minimum Gasteiger partial charge on any atom is -0.353 e.